The molecule has 16 heavy (non-hydrogen) atoms. The van der Waals surface area contributed by atoms with Crippen LogP contribution in [0.5, 0.6) is 11.5 Å². The number of ketones is 1. The van der Waals surface area contributed by atoms with E-state index in [1.807, 2.05) is 0 Å². The molecule has 0 bridgehead atoms. The molecule has 6 heteroatoms. The maximum absolute atomic E-state index is 12.0. The highest BCUT2D eigenvalue weighted by molar-refractivity contribution is 9.09. The van der Waals surface area contributed by atoms with Crippen LogP contribution in [0.25, 0.3) is 0 Å². The van der Waals surface area contributed by atoms with Crippen molar-refractivity contribution < 1.29 is 23.4 Å². The molecule has 3 nitrogen and oxygen atoms in total. The van der Waals surface area contributed by atoms with Gasteiger partial charge >= 0.3 is 6.61 Å². The van der Waals surface area contributed by atoms with E-state index >= 15 is 0 Å². The number of carbonyl (C=O) groups excluding carboxylic acids is 1. The second-order valence-electron chi connectivity index (χ2n) is 2.89. The average Bonchev–Trinajstić information content (AvgIpc) is 2.21. The molecular formula is C10H9BrF2O3. The minimum Gasteiger partial charge on any atom is -0.504 e. The van der Waals surface area contributed by atoms with Crippen molar-refractivity contribution in [1.82, 2.24) is 0 Å². The summed E-state index contributed by atoms with van der Waals surface area (Å²) in [6, 6.07) is 3.91. The van der Waals surface area contributed by atoms with E-state index in [0.717, 1.165) is 0 Å². The number of carbonyl (C=O) groups is 1. The van der Waals surface area contributed by atoms with E-state index in [2.05, 4.69) is 20.7 Å². The van der Waals surface area contributed by atoms with E-state index < -0.39 is 18.1 Å². The number of rotatable bonds is 5. The SMILES string of the molecule is O=C(CCBr)c1cccc(OC(F)F)c1O. The van der Waals surface area contributed by atoms with Gasteiger partial charge in [-0.05, 0) is 12.1 Å². The molecule has 0 heterocycles. The maximum atomic E-state index is 12.0. The van der Waals surface area contributed by atoms with Crippen LogP contribution in [0, 0.1) is 0 Å². The smallest absolute Gasteiger partial charge is 0.387 e. The lowest BCUT2D eigenvalue weighted by molar-refractivity contribution is -0.0513. The van der Waals surface area contributed by atoms with Crippen molar-refractivity contribution in [3.63, 3.8) is 0 Å². The Bertz CT molecular complexity index is 382. The van der Waals surface area contributed by atoms with E-state index in [4.69, 9.17) is 0 Å². The van der Waals surface area contributed by atoms with Crippen molar-refractivity contribution in [3.8, 4) is 11.5 Å². The lowest BCUT2D eigenvalue weighted by atomic mass is 10.1. The van der Waals surface area contributed by atoms with Crippen LogP contribution < -0.4 is 4.74 Å². The molecule has 0 aromatic heterocycles. The summed E-state index contributed by atoms with van der Waals surface area (Å²) in [6.07, 6.45) is 0.172. The topological polar surface area (TPSA) is 46.5 Å². The summed E-state index contributed by atoms with van der Waals surface area (Å²) in [7, 11) is 0. The molecule has 0 aliphatic carbocycles. The number of para-hydroxylation sites is 1. The number of Topliss-reactive ketones (excluding diaryl/α,β-unsaturated/α-hetero) is 1. The van der Waals surface area contributed by atoms with Crippen molar-refractivity contribution in [2.75, 3.05) is 5.33 Å². The number of hydrogen-bond donors (Lipinski definition) is 1. The minimum atomic E-state index is -3.03. The first-order valence-corrected chi connectivity index (χ1v) is 5.54. The summed E-state index contributed by atoms with van der Waals surface area (Å²) in [5, 5.41) is 9.98. The van der Waals surface area contributed by atoms with Crippen molar-refractivity contribution in [2.24, 2.45) is 0 Å². The molecule has 0 aliphatic heterocycles. The van der Waals surface area contributed by atoms with E-state index in [-0.39, 0.29) is 17.8 Å². The number of aromatic hydroxyl groups is 1. The van der Waals surface area contributed by atoms with Gasteiger partial charge < -0.3 is 9.84 Å². The fourth-order valence-electron chi connectivity index (χ4n) is 1.16. The number of hydrogen-bond acceptors (Lipinski definition) is 3. The molecule has 1 aromatic rings. The Morgan fingerprint density at radius 1 is 1.50 bits per heavy atom. The van der Waals surface area contributed by atoms with Gasteiger partial charge in [-0.3, -0.25) is 4.79 Å². The lowest BCUT2D eigenvalue weighted by Gasteiger charge is -2.09. The third-order valence-electron chi connectivity index (χ3n) is 1.84. The van der Waals surface area contributed by atoms with Gasteiger partial charge in [0.15, 0.2) is 17.3 Å². The molecule has 0 radical (unpaired) electrons. The molecule has 1 rings (SSSR count). The molecule has 0 atom stereocenters. The van der Waals surface area contributed by atoms with Gasteiger partial charge in [-0.2, -0.15) is 8.78 Å². The van der Waals surface area contributed by atoms with E-state index in [0.29, 0.717) is 5.33 Å². The molecule has 0 saturated carbocycles. The second kappa shape index (κ2) is 5.79. The van der Waals surface area contributed by atoms with Gasteiger partial charge in [-0.15, -0.1) is 0 Å². The number of alkyl halides is 3. The molecule has 0 aliphatic rings. The zero-order valence-corrected chi connectivity index (χ0v) is 9.71. The Labute approximate surface area is 99.2 Å². The fraction of sp³-hybridized carbons (Fsp3) is 0.300. The van der Waals surface area contributed by atoms with Crippen LogP contribution in [0.1, 0.15) is 16.8 Å². The average molecular weight is 295 g/mol. The van der Waals surface area contributed by atoms with Gasteiger partial charge in [0.1, 0.15) is 0 Å². The Morgan fingerprint density at radius 2 is 2.19 bits per heavy atom. The molecule has 0 spiro atoms. The number of halogens is 3. The van der Waals surface area contributed by atoms with Gasteiger partial charge in [0, 0.05) is 11.8 Å². The Hall–Kier alpha value is -1.17. The predicted molar refractivity (Wildman–Crippen MR) is 57.5 cm³/mol. The number of ether oxygens (including phenoxy) is 1. The largest absolute Gasteiger partial charge is 0.504 e. The summed E-state index contributed by atoms with van der Waals surface area (Å²) in [5.74, 6) is -1.28. The number of benzene rings is 1. The van der Waals surface area contributed by atoms with Crippen LogP contribution in [-0.2, 0) is 0 Å². The first-order chi connectivity index (χ1) is 7.56. The van der Waals surface area contributed by atoms with Gasteiger partial charge in [-0.1, -0.05) is 22.0 Å². The van der Waals surface area contributed by atoms with E-state index in [1.54, 1.807) is 0 Å². The zero-order valence-electron chi connectivity index (χ0n) is 8.12. The summed E-state index contributed by atoms with van der Waals surface area (Å²) in [4.78, 5) is 11.5. The molecular weight excluding hydrogens is 286 g/mol. The van der Waals surface area contributed by atoms with Crippen LogP contribution in [0.4, 0.5) is 8.78 Å². The first-order valence-electron chi connectivity index (χ1n) is 4.42. The molecule has 1 aromatic carbocycles. The molecule has 88 valence electrons. The Balaban J connectivity index is 2.99. The molecule has 0 amide bonds. The molecule has 0 unspecified atom stereocenters. The summed E-state index contributed by atoms with van der Waals surface area (Å²) < 4.78 is 28.0. The third kappa shape index (κ3) is 3.16. The quantitative estimate of drug-likeness (QED) is 0.671. The summed E-state index contributed by atoms with van der Waals surface area (Å²) in [6.45, 7) is -3.03. The van der Waals surface area contributed by atoms with Crippen LogP contribution in [0.3, 0.4) is 0 Å². The van der Waals surface area contributed by atoms with Gasteiger partial charge in [0.2, 0.25) is 0 Å². The summed E-state index contributed by atoms with van der Waals surface area (Å²) >= 11 is 3.08. The molecule has 0 saturated heterocycles. The lowest BCUT2D eigenvalue weighted by Crippen LogP contribution is -2.05. The van der Waals surface area contributed by atoms with E-state index in [9.17, 15) is 18.7 Å². The van der Waals surface area contributed by atoms with Crippen molar-refractivity contribution in [2.45, 2.75) is 13.0 Å². The van der Waals surface area contributed by atoms with Crippen LogP contribution in [-0.4, -0.2) is 22.8 Å². The normalized spacial score (nSPS) is 10.5. The highest BCUT2D eigenvalue weighted by Crippen LogP contribution is 2.31. The summed E-state index contributed by atoms with van der Waals surface area (Å²) in [5.41, 5.74) is -0.0161. The standard InChI is InChI=1S/C10H9BrF2O3/c11-5-4-7(14)6-2-1-3-8(9(6)15)16-10(12)13/h1-3,10,15H,4-5H2. The van der Waals surface area contributed by atoms with Crippen LogP contribution in [0.2, 0.25) is 0 Å². The van der Waals surface area contributed by atoms with Crippen LogP contribution >= 0.6 is 15.9 Å². The number of phenolic OH excluding ortho intramolecular Hbond substituents is 1. The van der Waals surface area contributed by atoms with Gasteiger partial charge in [-0.25, -0.2) is 0 Å². The van der Waals surface area contributed by atoms with Gasteiger partial charge in [0.25, 0.3) is 0 Å². The predicted octanol–water partition coefficient (Wildman–Crippen LogP) is 2.96. The van der Waals surface area contributed by atoms with E-state index in [1.165, 1.54) is 18.2 Å². The number of phenols is 1. The Kier molecular flexibility index (Phi) is 4.67. The highest BCUT2D eigenvalue weighted by Gasteiger charge is 2.16. The second-order valence-corrected chi connectivity index (χ2v) is 3.69. The van der Waals surface area contributed by atoms with Crippen molar-refractivity contribution in [1.29, 1.82) is 0 Å². The molecule has 0 fully saturated rings. The first kappa shape index (κ1) is 12.9. The molecule has 1 N–H and O–H groups in total. The fourth-order valence-corrected chi connectivity index (χ4v) is 1.52. The van der Waals surface area contributed by atoms with Crippen molar-refractivity contribution >= 4 is 21.7 Å². The zero-order chi connectivity index (χ0) is 12.1. The van der Waals surface area contributed by atoms with Gasteiger partial charge in [0.05, 0.1) is 5.56 Å². The highest BCUT2D eigenvalue weighted by atomic mass is 79.9. The Morgan fingerprint density at radius 3 is 2.75 bits per heavy atom. The maximum Gasteiger partial charge on any atom is 0.387 e. The monoisotopic (exact) mass is 294 g/mol. The third-order valence-corrected chi connectivity index (χ3v) is 2.23. The van der Waals surface area contributed by atoms with Crippen LogP contribution in [0.15, 0.2) is 18.2 Å². The minimum absolute atomic E-state index is 0.0161. The van der Waals surface area contributed by atoms with Crippen molar-refractivity contribution in [3.05, 3.63) is 23.8 Å².